The smallest absolute Gasteiger partial charge is 0.248 e. The van der Waals surface area contributed by atoms with Crippen molar-refractivity contribution in [1.29, 1.82) is 0 Å². The maximum Gasteiger partial charge on any atom is 0.248 e. The number of nitrogen functional groups attached to an aromatic ring is 1. The van der Waals surface area contributed by atoms with E-state index in [0.717, 1.165) is 24.0 Å². The lowest BCUT2D eigenvalue weighted by atomic mass is 10.0. The van der Waals surface area contributed by atoms with Gasteiger partial charge in [-0.25, -0.2) is 29.0 Å². The zero-order valence-corrected chi connectivity index (χ0v) is 24.4. The minimum absolute atomic E-state index is 0.0611. The van der Waals surface area contributed by atoms with Gasteiger partial charge in [0.25, 0.3) is 0 Å². The third-order valence-electron chi connectivity index (χ3n) is 7.36. The molecule has 1 saturated heterocycles. The van der Waals surface area contributed by atoms with E-state index in [1.165, 1.54) is 18.5 Å². The van der Waals surface area contributed by atoms with Gasteiger partial charge in [0, 0.05) is 60.4 Å². The van der Waals surface area contributed by atoms with Crippen molar-refractivity contribution >= 4 is 22.8 Å². The van der Waals surface area contributed by atoms with Crippen molar-refractivity contribution in [3.05, 3.63) is 90.5 Å². The third kappa shape index (κ3) is 6.05. The van der Waals surface area contributed by atoms with E-state index in [1.807, 2.05) is 16.8 Å². The van der Waals surface area contributed by atoms with Crippen LogP contribution in [0.1, 0.15) is 37.2 Å². The maximum atomic E-state index is 14.4. The van der Waals surface area contributed by atoms with Crippen LogP contribution in [0.15, 0.2) is 73.3 Å². The molecule has 5 aromatic rings. The van der Waals surface area contributed by atoms with Gasteiger partial charge in [-0.3, -0.25) is 4.79 Å². The average Bonchev–Trinajstić information content (AvgIpc) is 3.42. The van der Waals surface area contributed by atoms with E-state index in [4.69, 9.17) is 20.3 Å². The molecule has 1 atom stereocenters. The summed E-state index contributed by atoms with van der Waals surface area (Å²) in [6.45, 7) is 8.69. The summed E-state index contributed by atoms with van der Waals surface area (Å²) in [6.07, 6.45) is 6.43. The monoisotopic (exact) mass is 594 g/mol. The van der Waals surface area contributed by atoms with E-state index < -0.39 is 5.82 Å². The summed E-state index contributed by atoms with van der Waals surface area (Å²) < 4.78 is 28.0. The predicted octanol–water partition coefficient (Wildman–Crippen LogP) is 5.42. The fraction of sp³-hybridized carbons (Fsp3) is 0.250. The van der Waals surface area contributed by atoms with Gasteiger partial charge in [0.1, 0.15) is 53.3 Å². The van der Waals surface area contributed by atoms with Gasteiger partial charge in [0.15, 0.2) is 5.65 Å². The number of ether oxygens (including phenoxy) is 2. The van der Waals surface area contributed by atoms with Gasteiger partial charge in [-0.1, -0.05) is 6.58 Å². The van der Waals surface area contributed by atoms with Gasteiger partial charge in [-0.05, 0) is 51.0 Å². The molecule has 224 valence electrons. The van der Waals surface area contributed by atoms with E-state index in [9.17, 15) is 9.18 Å². The molecule has 0 unspecified atom stereocenters. The first kappa shape index (κ1) is 28.7. The van der Waals surface area contributed by atoms with Crippen LogP contribution in [0, 0.1) is 12.7 Å². The third-order valence-corrected chi connectivity index (χ3v) is 7.36. The van der Waals surface area contributed by atoms with Gasteiger partial charge in [-0.2, -0.15) is 5.10 Å². The number of nitrogens with two attached hydrogens (primary N) is 1. The molecule has 1 aliphatic heterocycles. The Hall–Kier alpha value is -5.39. The van der Waals surface area contributed by atoms with Crippen molar-refractivity contribution in [3.8, 4) is 28.5 Å². The molecule has 0 bridgehead atoms. The number of fused-ring (bicyclic) bond motifs is 1. The summed E-state index contributed by atoms with van der Waals surface area (Å²) in [6, 6.07) is 11.3. The molecule has 2 aromatic carbocycles. The Kier molecular flexibility index (Phi) is 7.88. The zero-order chi connectivity index (χ0) is 30.8. The normalized spacial score (nSPS) is 14.9. The number of aromatic nitrogens is 6. The number of anilines is 1. The Morgan fingerprint density at radius 3 is 2.57 bits per heavy atom. The summed E-state index contributed by atoms with van der Waals surface area (Å²) in [7, 11) is 0. The van der Waals surface area contributed by atoms with Crippen LogP contribution in [0.2, 0.25) is 0 Å². The van der Waals surface area contributed by atoms with E-state index in [0.29, 0.717) is 58.5 Å². The predicted molar refractivity (Wildman–Crippen MR) is 162 cm³/mol. The number of piperidine rings is 1. The Labute approximate surface area is 253 Å². The topological polar surface area (TPSA) is 134 Å². The lowest BCUT2D eigenvalue weighted by Crippen LogP contribution is -2.41. The second kappa shape index (κ2) is 12.1. The quantitative estimate of drug-likeness (QED) is 0.234. The lowest BCUT2D eigenvalue weighted by Gasteiger charge is -2.33. The molecule has 4 heterocycles. The summed E-state index contributed by atoms with van der Waals surface area (Å²) >= 11 is 0. The molecular weight excluding hydrogens is 563 g/mol. The summed E-state index contributed by atoms with van der Waals surface area (Å²) in [5.41, 5.74) is 9.59. The number of carbonyl (C=O) groups is 1. The van der Waals surface area contributed by atoms with Gasteiger partial charge < -0.3 is 20.1 Å². The molecule has 0 spiro atoms. The number of nitrogens with zero attached hydrogens (tertiary/aromatic N) is 7. The van der Waals surface area contributed by atoms with E-state index in [-0.39, 0.29) is 24.3 Å². The highest BCUT2D eigenvalue weighted by atomic mass is 19.1. The molecular formula is C32H31FN8O3. The van der Waals surface area contributed by atoms with Crippen molar-refractivity contribution < 1.29 is 18.7 Å². The molecule has 11 nitrogen and oxygen atoms in total. The molecule has 2 N–H and O–H groups in total. The second-order valence-electron chi connectivity index (χ2n) is 10.8. The van der Waals surface area contributed by atoms with E-state index >= 15 is 0 Å². The van der Waals surface area contributed by atoms with Crippen molar-refractivity contribution in [2.75, 3.05) is 18.8 Å². The molecule has 0 radical (unpaired) electrons. The maximum absolute atomic E-state index is 14.4. The first-order valence-corrected chi connectivity index (χ1v) is 14.2. The van der Waals surface area contributed by atoms with Crippen molar-refractivity contribution in [1.82, 2.24) is 34.6 Å². The number of hydrogen-bond donors (Lipinski definition) is 1. The van der Waals surface area contributed by atoms with Crippen molar-refractivity contribution in [2.24, 2.45) is 0 Å². The molecule has 12 heteroatoms. The minimum atomic E-state index is -0.493. The fourth-order valence-electron chi connectivity index (χ4n) is 5.22. The molecule has 1 fully saturated rings. The van der Waals surface area contributed by atoms with Crippen LogP contribution in [0.3, 0.4) is 0 Å². The van der Waals surface area contributed by atoms with Crippen LogP contribution in [-0.2, 0) is 11.4 Å². The van der Waals surface area contributed by atoms with Crippen molar-refractivity contribution in [2.45, 2.75) is 39.3 Å². The number of halogens is 1. The Bertz CT molecular complexity index is 1840. The Morgan fingerprint density at radius 2 is 1.82 bits per heavy atom. The summed E-state index contributed by atoms with van der Waals surface area (Å²) in [5.74, 6) is 1.51. The number of hydrogen-bond acceptors (Lipinski definition) is 9. The lowest BCUT2D eigenvalue weighted by molar-refractivity contribution is -0.128. The minimum Gasteiger partial charge on any atom is -0.489 e. The number of aryl methyl sites for hydroxylation is 1. The van der Waals surface area contributed by atoms with Crippen LogP contribution < -0.4 is 15.2 Å². The number of benzene rings is 2. The van der Waals surface area contributed by atoms with Gasteiger partial charge >= 0.3 is 0 Å². The molecule has 0 saturated carbocycles. The van der Waals surface area contributed by atoms with Gasteiger partial charge in [-0.15, -0.1) is 0 Å². The first-order valence-electron chi connectivity index (χ1n) is 14.2. The first-order chi connectivity index (χ1) is 21.2. The van der Waals surface area contributed by atoms with Gasteiger partial charge in [0.05, 0.1) is 11.4 Å². The Balaban J connectivity index is 1.23. The number of carbonyl (C=O) groups excluding carboxylic acids is 1. The molecule has 0 aliphatic carbocycles. The van der Waals surface area contributed by atoms with Crippen LogP contribution in [0.25, 0.3) is 22.3 Å². The molecule has 1 aliphatic rings. The number of amides is 1. The second-order valence-corrected chi connectivity index (χ2v) is 10.8. The van der Waals surface area contributed by atoms with Crippen molar-refractivity contribution in [3.63, 3.8) is 0 Å². The number of rotatable bonds is 8. The highest BCUT2D eigenvalue weighted by molar-refractivity contribution is 5.98. The molecule has 44 heavy (non-hydrogen) atoms. The van der Waals surface area contributed by atoms with Crippen LogP contribution in [-0.4, -0.2) is 53.6 Å². The zero-order valence-electron chi connectivity index (χ0n) is 24.4. The fourth-order valence-corrected chi connectivity index (χ4v) is 5.22. The van der Waals surface area contributed by atoms with E-state index in [2.05, 4.69) is 26.5 Å². The van der Waals surface area contributed by atoms with E-state index in [1.54, 1.807) is 49.3 Å². The SMILES string of the molecule is C=C(C)C(=O)N1CCC[C@@H](n2nc(-c3ccc(Oc4cc(F)cc(OCc5cnc(C)nc5)c4)cc3)c3c(N)ncnc32)C1. The average molecular weight is 595 g/mol. The highest BCUT2D eigenvalue weighted by Gasteiger charge is 2.29. The molecule has 3 aromatic heterocycles. The largest absolute Gasteiger partial charge is 0.489 e. The van der Waals surface area contributed by atoms with Crippen LogP contribution in [0.5, 0.6) is 17.2 Å². The van der Waals surface area contributed by atoms with Crippen LogP contribution >= 0.6 is 0 Å². The number of likely N-dealkylation sites (tertiary alicyclic amines) is 1. The highest BCUT2D eigenvalue weighted by Crippen LogP contribution is 2.35. The van der Waals surface area contributed by atoms with Crippen LogP contribution in [0.4, 0.5) is 10.2 Å². The summed E-state index contributed by atoms with van der Waals surface area (Å²) in [5, 5.41) is 5.56. The standard InChI is InChI=1S/C32H31FN8O3/c1-19(2)32(42)40-10-4-5-24(16-40)41-31-28(30(34)37-18-38-31)29(39-41)22-6-8-25(9-7-22)44-27-12-23(33)11-26(13-27)43-17-21-14-35-20(3)36-15-21/h6-9,11-15,18,24H,1,4-5,10,16-17H2,2-3H3,(H2,34,37,38)/t24-/m1/s1. The molecule has 6 rings (SSSR count). The van der Waals surface area contributed by atoms with Gasteiger partial charge in [0.2, 0.25) is 5.91 Å². The Morgan fingerprint density at radius 1 is 1.07 bits per heavy atom. The molecule has 1 amide bonds. The summed E-state index contributed by atoms with van der Waals surface area (Å²) in [4.78, 5) is 31.4.